The zero-order chi connectivity index (χ0) is 21.8. The molecule has 0 spiro atoms. The van der Waals surface area contributed by atoms with Crippen LogP contribution in [-0.2, 0) is 9.47 Å². The van der Waals surface area contributed by atoms with E-state index in [9.17, 15) is 0 Å². The van der Waals surface area contributed by atoms with Gasteiger partial charge in [0.15, 0.2) is 0 Å². The summed E-state index contributed by atoms with van der Waals surface area (Å²) >= 11 is 0. The lowest BCUT2D eigenvalue weighted by molar-refractivity contribution is 0.263. The fourth-order valence-electron chi connectivity index (χ4n) is 4.47. The summed E-state index contributed by atoms with van der Waals surface area (Å²) < 4.78 is 29.4. The van der Waals surface area contributed by atoms with Gasteiger partial charge < -0.3 is 23.4 Å². The van der Waals surface area contributed by atoms with Gasteiger partial charge in [0.2, 0.25) is 0 Å². The highest BCUT2D eigenvalue weighted by molar-refractivity contribution is 6.25. The van der Waals surface area contributed by atoms with Gasteiger partial charge in [-0.2, -0.15) is 0 Å². The second-order valence-corrected chi connectivity index (χ2v) is 8.61. The molecular formula is C28H22O5. The molecule has 33 heavy (non-hydrogen) atoms. The van der Waals surface area contributed by atoms with Crippen molar-refractivity contribution in [2.45, 2.75) is 12.2 Å². The van der Waals surface area contributed by atoms with E-state index in [2.05, 4.69) is 36.4 Å². The van der Waals surface area contributed by atoms with Crippen LogP contribution in [0.3, 0.4) is 0 Å². The van der Waals surface area contributed by atoms with Gasteiger partial charge in [0, 0.05) is 16.2 Å². The standard InChI is InChI=1S/C28H22O5/c1-2-7-20-19(6-1)23-12-26(21-8-3-4-10-24(21)31-15-17-13-29-17)33-28(23)22-9-5-11-25(27(20)22)32-16-18-14-30-18/h1-12,17-18H,13-16H2. The molecule has 7 rings (SSSR count). The summed E-state index contributed by atoms with van der Waals surface area (Å²) in [5, 5.41) is 5.47. The van der Waals surface area contributed by atoms with E-state index in [1.165, 1.54) is 0 Å². The van der Waals surface area contributed by atoms with E-state index in [0.29, 0.717) is 13.2 Å². The maximum atomic E-state index is 6.54. The predicted molar refractivity (Wildman–Crippen MR) is 127 cm³/mol. The molecule has 2 aliphatic heterocycles. The quantitative estimate of drug-likeness (QED) is 0.232. The Hall–Kier alpha value is -3.54. The molecular weight excluding hydrogens is 416 g/mol. The number of hydrogen-bond acceptors (Lipinski definition) is 5. The molecule has 4 aromatic carbocycles. The van der Waals surface area contributed by atoms with E-state index in [4.69, 9.17) is 23.4 Å². The maximum absolute atomic E-state index is 6.54. The molecule has 5 heteroatoms. The van der Waals surface area contributed by atoms with Crippen molar-refractivity contribution in [1.82, 2.24) is 0 Å². The minimum Gasteiger partial charge on any atom is -0.490 e. The molecule has 0 aliphatic carbocycles. The van der Waals surface area contributed by atoms with Crippen LogP contribution in [0.1, 0.15) is 0 Å². The molecule has 1 aromatic heterocycles. The van der Waals surface area contributed by atoms with Crippen LogP contribution in [0.15, 0.2) is 77.2 Å². The predicted octanol–water partition coefficient (Wildman–Crippen LogP) is 5.96. The van der Waals surface area contributed by atoms with Crippen LogP contribution in [0.25, 0.3) is 43.8 Å². The Bertz CT molecular complexity index is 1490. The van der Waals surface area contributed by atoms with E-state index in [-0.39, 0.29) is 12.2 Å². The minimum atomic E-state index is 0.195. The summed E-state index contributed by atoms with van der Waals surface area (Å²) in [5.74, 6) is 2.44. The molecule has 5 aromatic rings. The SMILES string of the molecule is c1ccc(-c2cc3c4ccccc4c4c(OCC5CO5)cccc4c3o2)c(OCC2CO2)c1. The van der Waals surface area contributed by atoms with Crippen LogP contribution >= 0.6 is 0 Å². The molecule has 0 amide bonds. The van der Waals surface area contributed by atoms with Gasteiger partial charge in [0.25, 0.3) is 0 Å². The van der Waals surface area contributed by atoms with E-state index in [1.807, 2.05) is 36.4 Å². The Morgan fingerprint density at radius 2 is 1.30 bits per heavy atom. The average Bonchev–Trinajstić information content (AvgIpc) is 3.80. The summed E-state index contributed by atoms with van der Waals surface area (Å²) in [7, 11) is 0. The van der Waals surface area contributed by atoms with Crippen molar-refractivity contribution in [2.75, 3.05) is 26.4 Å². The Labute approximate surface area is 190 Å². The smallest absolute Gasteiger partial charge is 0.143 e. The first-order valence-electron chi connectivity index (χ1n) is 11.3. The summed E-state index contributed by atoms with van der Waals surface area (Å²) in [6.07, 6.45) is 0.393. The van der Waals surface area contributed by atoms with Crippen molar-refractivity contribution < 1.29 is 23.4 Å². The van der Waals surface area contributed by atoms with E-state index >= 15 is 0 Å². The second kappa shape index (κ2) is 7.51. The van der Waals surface area contributed by atoms with Gasteiger partial charge in [-0.1, -0.05) is 48.5 Å². The monoisotopic (exact) mass is 438 g/mol. The van der Waals surface area contributed by atoms with Crippen LogP contribution in [0.5, 0.6) is 11.5 Å². The van der Waals surface area contributed by atoms with Crippen LogP contribution in [-0.4, -0.2) is 38.6 Å². The molecule has 164 valence electrons. The molecule has 0 bridgehead atoms. The molecule has 2 unspecified atom stereocenters. The van der Waals surface area contributed by atoms with E-state index in [0.717, 1.165) is 68.6 Å². The lowest BCUT2D eigenvalue weighted by Gasteiger charge is -2.12. The van der Waals surface area contributed by atoms with Crippen LogP contribution in [0.4, 0.5) is 0 Å². The minimum absolute atomic E-state index is 0.195. The molecule has 3 heterocycles. The number of rotatable bonds is 7. The third kappa shape index (κ3) is 3.41. The Morgan fingerprint density at radius 1 is 0.667 bits per heavy atom. The molecule has 2 atom stereocenters. The third-order valence-electron chi connectivity index (χ3n) is 6.30. The van der Waals surface area contributed by atoms with Crippen molar-refractivity contribution >= 4 is 32.5 Å². The van der Waals surface area contributed by atoms with E-state index in [1.54, 1.807) is 0 Å². The zero-order valence-electron chi connectivity index (χ0n) is 18.0. The lowest BCUT2D eigenvalue weighted by atomic mass is 9.97. The Kier molecular flexibility index (Phi) is 4.32. The molecule has 5 nitrogen and oxygen atoms in total. The number of fused-ring (bicyclic) bond motifs is 6. The number of ether oxygens (including phenoxy) is 4. The summed E-state index contributed by atoms with van der Waals surface area (Å²) in [6, 6.07) is 24.7. The largest absolute Gasteiger partial charge is 0.490 e. The number of hydrogen-bond donors (Lipinski definition) is 0. The van der Waals surface area contributed by atoms with Crippen molar-refractivity contribution in [3.8, 4) is 22.8 Å². The first-order valence-corrected chi connectivity index (χ1v) is 11.3. The van der Waals surface area contributed by atoms with Crippen molar-refractivity contribution in [2.24, 2.45) is 0 Å². The van der Waals surface area contributed by atoms with Gasteiger partial charge in [-0.25, -0.2) is 0 Å². The van der Waals surface area contributed by atoms with E-state index < -0.39 is 0 Å². The van der Waals surface area contributed by atoms with Crippen molar-refractivity contribution in [1.29, 1.82) is 0 Å². The van der Waals surface area contributed by atoms with Crippen molar-refractivity contribution in [3.05, 3.63) is 72.8 Å². The molecule has 0 radical (unpaired) electrons. The zero-order valence-corrected chi connectivity index (χ0v) is 18.0. The van der Waals surface area contributed by atoms with Gasteiger partial charge in [0.05, 0.1) is 18.8 Å². The normalized spacial score (nSPS) is 19.3. The number of epoxide rings is 2. The number of para-hydroxylation sites is 1. The average molecular weight is 438 g/mol. The number of furan rings is 1. The molecule has 0 N–H and O–H groups in total. The molecule has 2 aliphatic rings. The fourth-order valence-corrected chi connectivity index (χ4v) is 4.47. The first kappa shape index (κ1) is 19.0. The summed E-state index contributed by atoms with van der Waals surface area (Å²) in [5.41, 5.74) is 1.79. The van der Waals surface area contributed by atoms with Gasteiger partial charge in [-0.3, -0.25) is 0 Å². The molecule has 2 saturated heterocycles. The topological polar surface area (TPSA) is 56.7 Å². The highest BCUT2D eigenvalue weighted by Crippen LogP contribution is 2.43. The third-order valence-corrected chi connectivity index (χ3v) is 6.30. The second-order valence-electron chi connectivity index (χ2n) is 8.61. The van der Waals surface area contributed by atoms with Gasteiger partial charge >= 0.3 is 0 Å². The summed E-state index contributed by atoms with van der Waals surface area (Å²) in [6.45, 7) is 2.65. The van der Waals surface area contributed by atoms with Gasteiger partial charge in [0.1, 0.15) is 48.3 Å². The Morgan fingerprint density at radius 3 is 2.09 bits per heavy atom. The van der Waals surface area contributed by atoms with Gasteiger partial charge in [-0.15, -0.1) is 0 Å². The van der Waals surface area contributed by atoms with Crippen LogP contribution in [0.2, 0.25) is 0 Å². The lowest BCUT2D eigenvalue weighted by Crippen LogP contribution is -2.04. The highest BCUT2D eigenvalue weighted by atomic mass is 16.6. The van der Waals surface area contributed by atoms with Crippen LogP contribution in [0, 0.1) is 0 Å². The molecule has 2 fully saturated rings. The van der Waals surface area contributed by atoms with Crippen molar-refractivity contribution in [3.63, 3.8) is 0 Å². The van der Waals surface area contributed by atoms with Crippen LogP contribution < -0.4 is 9.47 Å². The number of benzene rings is 4. The van der Waals surface area contributed by atoms with Gasteiger partial charge in [-0.05, 0) is 35.0 Å². The maximum Gasteiger partial charge on any atom is 0.143 e. The molecule has 0 saturated carbocycles. The summed E-state index contributed by atoms with van der Waals surface area (Å²) in [4.78, 5) is 0. The highest BCUT2D eigenvalue weighted by Gasteiger charge is 2.25. The Balaban J connectivity index is 1.43. The fraction of sp³-hybridized carbons (Fsp3) is 0.214. The first-order chi connectivity index (χ1) is 16.3.